The predicted molar refractivity (Wildman–Crippen MR) is 64.1 cm³/mol. The van der Waals surface area contributed by atoms with E-state index in [4.69, 9.17) is 18.9 Å². The van der Waals surface area contributed by atoms with Crippen LogP contribution >= 0.6 is 0 Å². The minimum atomic E-state index is -1.01. The molecule has 6 nitrogen and oxygen atoms in total. The molecule has 2 unspecified atom stereocenters. The van der Waals surface area contributed by atoms with E-state index in [0.29, 0.717) is 13.2 Å². The Morgan fingerprint density at radius 1 is 0.833 bits per heavy atom. The number of esters is 2. The van der Waals surface area contributed by atoms with Gasteiger partial charge in [-0.1, -0.05) is 0 Å². The summed E-state index contributed by atoms with van der Waals surface area (Å²) in [6.07, 6.45) is -0.959. The van der Waals surface area contributed by atoms with Crippen molar-refractivity contribution in [3.05, 3.63) is 0 Å². The molecular formula is C12H22O6. The van der Waals surface area contributed by atoms with E-state index in [9.17, 15) is 9.59 Å². The van der Waals surface area contributed by atoms with Crippen LogP contribution in [0.4, 0.5) is 0 Å². The molecule has 0 bridgehead atoms. The van der Waals surface area contributed by atoms with Crippen LogP contribution < -0.4 is 0 Å². The highest BCUT2D eigenvalue weighted by Gasteiger charge is 2.22. The minimum absolute atomic E-state index is 0.254. The molecule has 6 heteroatoms. The number of hydrogen-bond acceptors (Lipinski definition) is 6. The molecule has 0 heterocycles. The van der Waals surface area contributed by atoms with Crippen molar-refractivity contribution in [1.29, 1.82) is 0 Å². The Hall–Kier alpha value is -1.14. The van der Waals surface area contributed by atoms with Gasteiger partial charge in [0.1, 0.15) is 12.2 Å². The van der Waals surface area contributed by atoms with Crippen molar-refractivity contribution in [2.24, 2.45) is 0 Å². The van der Waals surface area contributed by atoms with Gasteiger partial charge >= 0.3 is 11.9 Å². The van der Waals surface area contributed by atoms with E-state index in [0.717, 1.165) is 0 Å². The van der Waals surface area contributed by atoms with E-state index in [2.05, 4.69) is 0 Å². The van der Waals surface area contributed by atoms with Gasteiger partial charge < -0.3 is 18.9 Å². The number of rotatable bonds is 8. The fraction of sp³-hybridized carbons (Fsp3) is 0.833. The van der Waals surface area contributed by atoms with Gasteiger partial charge in [0.25, 0.3) is 0 Å². The molecule has 0 saturated heterocycles. The highest BCUT2D eigenvalue weighted by molar-refractivity contribution is 6.29. The van der Waals surface area contributed by atoms with Gasteiger partial charge in [-0.15, -0.1) is 0 Å². The fourth-order valence-corrected chi connectivity index (χ4v) is 1.10. The molecule has 0 radical (unpaired) electrons. The highest BCUT2D eigenvalue weighted by atomic mass is 16.6. The third-order valence-electron chi connectivity index (χ3n) is 1.90. The van der Waals surface area contributed by atoms with Crippen LogP contribution in [0.15, 0.2) is 0 Å². The van der Waals surface area contributed by atoms with E-state index in [1.165, 1.54) is 0 Å². The Morgan fingerprint density at radius 2 is 1.17 bits per heavy atom. The van der Waals surface area contributed by atoms with Gasteiger partial charge in [-0.25, -0.2) is 9.59 Å². The first-order chi connectivity index (χ1) is 8.51. The molecule has 0 aromatic heterocycles. The summed E-state index contributed by atoms with van der Waals surface area (Å²) in [5.41, 5.74) is 0. The van der Waals surface area contributed by atoms with Crippen LogP contribution in [0.25, 0.3) is 0 Å². The van der Waals surface area contributed by atoms with Crippen molar-refractivity contribution in [3.8, 4) is 0 Å². The van der Waals surface area contributed by atoms with Gasteiger partial charge in [0.2, 0.25) is 0 Å². The number of ether oxygens (including phenoxy) is 4. The lowest BCUT2D eigenvalue weighted by atomic mass is 10.4. The second kappa shape index (κ2) is 9.85. The second-order valence-electron chi connectivity index (χ2n) is 3.75. The van der Waals surface area contributed by atoms with E-state index in [1.54, 1.807) is 13.8 Å². The summed E-state index contributed by atoms with van der Waals surface area (Å²) in [6, 6.07) is 0. The lowest BCUT2D eigenvalue weighted by Gasteiger charge is -2.15. The largest absolute Gasteiger partial charge is 0.452 e. The van der Waals surface area contributed by atoms with Crippen LogP contribution in [0.1, 0.15) is 27.7 Å². The van der Waals surface area contributed by atoms with Gasteiger partial charge in [0.05, 0.1) is 13.2 Å². The molecular weight excluding hydrogens is 240 g/mol. The topological polar surface area (TPSA) is 71.1 Å². The van der Waals surface area contributed by atoms with Crippen LogP contribution in [-0.2, 0) is 28.5 Å². The summed E-state index contributed by atoms with van der Waals surface area (Å²) < 4.78 is 19.8. The van der Waals surface area contributed by atoms with Crippen LogP contribution in [0.5, 0.6) is 0 Å². The summed E-state index contributed by atoms with van der Waals surface area (Å²) in [5.74, 6) is -2.02. The van der Waals surface area contributed by atoms with E-state index in [1.807, 2.05) is 13.8 Å². The molecule has 106 valence electrons. The summed E-state index contributed by atoms with van der Waals surface area (Å²) in [4.78, 5) is 22.7. The third kappa shape index (κ3) is 8.03. The molecule has 0 saturated carbocycles. The average Bonchev–Trinajstić information content (AvgIpc) is 2.33. The molecule has 0 N–H and O–H groups in total. The number of carbonyl (C=O) groups excluding carboxylic acids is 2. The predicted octanol–water partition coefficient (Wildman–Crippen LogP) is 0.923. The van der Waals surface area contributed by atoms with Gasteiger partial charge in [-0.05, 0) is 27.7 Å². The Morgan fingerprint density at radius 3 is 1.44 bits per heavy atom. The summed E-state index contributed by atoms with van der Waals surface area (Å²) in [5, 5.41) is 0. The van der Waals surface area contributed by atoms with Crippen LogP contribution in [-0.4, -0.2) is 50.6 Å². The second-order valence-corrected chi connectivity index (χ2v) is 3.75. The smallest absolute Gasteiger partial charge is 0.417 e. The molecule has 0 rings (SSSR count). The molecule has 18 heavy (non-hydrogen) atoms. The Bertz CT molecular complexity index is 227. The van der Waals surface area contributed by atoms with E-state index in [-0.39, 0.29) is 13.2 Å². The molecule has 0 spiro atoms. The first-order valence-corrected chi connectivity index (χ1v) is 6.08. The molecule has 0 fully saturated rings. The van der Waals surface area contributed by atoms with Crippen molar-refractivity contribution in [2.45, 2.75) is 39.9 Å². The Labute approximate surface area is 108 Å². The molecule has 0 aliphatic heterocycles. The summed E-state index contributed by atoms with van der Waals surface area (Å²) in [6.45, 7) is 8.51. The van der Waals surface area contributed by atoms with Gasteiger partial charge in [-0.3, -0.25) is 0 Å². The zero-order valence-electron chi connectivity index (χ0n) is 11.4. The highest BCUT2D eigenvalue weighted by Crippen LogP contribution is 1.98. The lowest BCUT2D eigenvalue weighted by molar-refractivity contribution is -0.175. The van der Waals surface area contributed by atoms with Crippen molar-refractivity contribution < 1.29 is 28.5 Å². The zero-order chi connectivity index (χ0) is 14.0. The Balaban J connectivity index is 3.91. The van der Waals surface area contributed by atoms with Gasteiger partial charge in [-0.2, -0.15) is 0 Å². The zero-order valence-corrected chi connectivity index (χ0v) is 11.4. The van der Waals surface area contributed by atoms with Crippen LogP contribution in [0.2, 0.25) is 0 Å². The van der Waals surface area contributed by atoms with Crippen LogP contribution in [0, 0.1) is 0 Å². The quantitative estimate of drug-likeness (QED) is 0.478. The minimum Gasteiger partial charge on any atom is -0.452 e. The van der Waals surface area contributed by atoms with Crippen molar-refractivity contribution in [3.63, 3.8) is 0 Å². The number of hydrogen-bond donors (Lipinski definition) is 0. The molecule has 0 aromatic rings. The summed E-state index contributed by atoms with van der Waals surface area (Å²) in [7, 11) is 0. The summed E-state index contributed by atoms with van der Waals surface area (Å²) >= 11 is 0. The average molecular weight is 262 g/mol. The first kappa shape index (κ1) is 16.9. The molecule has 0 aliphatic rings. The molecule has 0 aliphatic carbocycles. The molecule has 0 aromatic carbocycles. The van der Waals surface area contributed by atoms with Crippen molar-refractivity contribution >= 4 is 11.9 Å². The monoisotopic (exact) mass is 262 g/mol. The van der Waals surface area contributed by atoms with E-state index >= 15 is 0 Å². The molecule has 0 amide bonds. The van der Waals surface area contributed by atoms with E-state index < -0.39 is 24.1 Å². The van der Waals surface area contributed by atoms with Gasteiger partial charge in [0, 0.05) is 13.2 Å². The maximum atomic E-state index is 11.3. The maximum absolute atomic E-state index is 11.3. The third-order valence-corrected chi connectivity index (χ3v) is 1.90. The molecule has 2 atom stereocenters. The Kier molecular flexibility index (Phi) is 9.22. The van der Waals surface area contributed by atoms with Crippen molar-refractivity contribution in [1.82, 2.24) is 0 Å². The normalized spacial score (nSPS) is 13.8. The SMILES string of the molecule is CCOCC(C)OC(=O)C(=O)OC(C)COCC. The van der Waals surface area contributed by atoms with Crippen molar-refractivity contribution in [2.75, 3.05) is 26.4 Å². The standard InChI is InChI=1S/C12H22O6/c1-5-15-7-9(3)17-11(13)12(14)18-10(4)8-16-6-2/h9-10H,5-8H2,1-4H3. The number of carbonyl (C=O) groups is 2. The lowest BCUT2D eigenvalue weighted by Crippen LogP contribution is -2.30. The van der Waals surface area contributed by atoms with Gasteiger partial charge in [0.15, 0.2) is 0 Å². The first-order valence-electron chi connectivity index (χ1n) is 6.08. The maximum Gasteiger partial charge on any atom is 0.417 e. The van der Waals surface area contributed by atoms with Crippen LogP contribution in [0.3, 0.4) is 0 Å². The fourth-order valence-electron chi connectivity index (χ4n) is 1.10.